The molecule has 0 radical (unpaired) electrons. The van der Waals surface area contributed by atoms with Crippen molar-refractivity contribution in [1.82, 2.24) is 4.83 Å². The molecule has 3 aliphatic rings. The molecule has 0 amide bonds. The summed E-state index contributed by atoms with van der Waals surface area (Å²) in [5, 5.41) is 2.72. The van der Waals surface area contributed by atoms with Gasteiger partial charge in [-0.2, -0.15) is 13.5 Å². The van der Waals surface area contributed by atoms with E-state index in [0.717, 1.165) is 5.56 Å². The van der Waals surface area contributed by atoms with Gasteiger partial charge in [0.2, 0.25) is 0 Å². The molecule has 1 aromatic carbocycles. The molecule has 238 valence electrons. The molecule has 43 heavy (non-hydrogen) atoms. The molecule has 4 rings (SSSR count). The number of nitrogens with one attached hydrogen (secondary N) is 1. The third-order valence-electron chi connectivity index (χ3n) is 9.92. The number of aryl methyl sites for hydroxylation is 3. The molecule has 1 aliphatic carbocycles. The predicted octanol–water partition coefficient (Wildman–Crippen LogP) is 4.86. The highest BCUT2D eigenvalue weighted by Gasteiger charge is 2.73. The molecule has 0 aromatic heterocycles. The summed E-state index contributed by atoms with van der Waals surface area (Å²) in [6.07, 6.45) is 0.516. The zero-order chi connectivity index (χ0) is 32.6. The van der Waals surface area contributed by atoms with Gasteiger partial charge in [-0.25, -0.2) is 4.83 Å². The third-order valence-corrected chi connectivity index (χ3v) is 11.4. The summed E-state index contributed by atoms with van der Waals surface area (Å²) in [7, 11) is -5.80. The molecule has 0 spiro atoms. The number of ether oxygens (including phenoxy) is 1. The average Bonchev–Trinajstić information content (AvgIpc) is 3.14. The van der Waals surface area contributed by atoms with Crippen molar-refractivity contribution in [2.24, 2.45) is 16.9 Å². The molecule has 0 bridgehead atoms. The van der Waals surface area contributed by atoms with E-state index in [1.807, 2.05) is 88.3 Å². The molecule has 2 saturated heterocycles. The van der Waals surface area contributed by atoms with Gasteiger partial charge >= 0.3 is 20.2 Å². The number of esters is 1. The van der Waals surface area contributed by atoms with E-state index in [0.29, 0.717) is 16.8 Å². The predicted molar refractivity (Wildman–Crippen MR) is 167 cm³/mol. The third kappa shape index (κ3) is 5.92. The van der Waals surface area contributed by atoms with Crippen LogP contribution >= 0.6 is 0 Å². The van der Waals surface area contributed by atoms with Crippen LogP contribution in [0.1, 0.15) is 98.8 Å². The summed E-state index contributed by atoms with van der Waals surface area (Å²) in [4.78, 5) is 16.3. The second-order valence-electron chi connectivity index (χ2n) is 14.7. The number of sulfonamides is 1. The number of benzene rings is 1. The maximum Gasteiger partial charge on any atom is 0.503 e. The van der Waals surface area contributed by atoms with Crippen molar-refractivity contribution in [1.29, 1.82) is 0 Å². The Labute approximate surface area is 258 Å². The van der Waals surface area contributed by atoms with Crippen LogP contribution in [0.5, 0.6) is 0 Å². The molecule has 1 N–H and O–H groups in total. The van der Waals surface area contributed by atoms with E-state index in [1.165, 1.54) is 0 Å². The fraction of sp³-hybridized carbons (Fsp3) is 0.733. The normalized spacial score (nSPS) is 24.2. The minimum absolute atomic E-state index is 0.212. The van der Waals surface area contributed by atoms with Crippen LogP contribution in [0, 0.1) is 32.6 Å². The Morgan fingerprint density at radius 1 is 0.884 bits per heavy atom. The Balaban J connectivity index is 1.56. The van der Waals surface area contributed by atoms with E-state index >= 15 is 0 Å². The zero-order valence-corrected chi connectivity index (χ0v) is 28.8. The largest absolute Gasteiger partial charge is 0.503 e. The molecular formula is C30H48B2N2O8S. The van der Waals surface area contributed by atoms with Gasteiger partial charge in [0, 0.05) is 18.6 Å². The Bertz CT molecular complexity index is 1320. The molecule has 2 aliphatic heterocycles. The van der Waals surface area contributed by atoms with E-state index in [4.69, 9.17) is 23.4 Å². The van der Waals surface area contributed by atoms with Crippen LogP contribution in [0.4, 0.5) is 0 Å². The minimum atomic E-state index is -3.87. The van der Waals surface area contributed by atoms with Gasteiger partial charge in [-0.05, 0) is 93.2 Å². The first-order valence-corrected chi connectivity index (χ1v) is 16.5. The van der Waals surface area contributed by atoms with E-state index in [-0.39, 0.29) is 23.7 Å². The quantitative estimate of drug-likeness (QED) is 0.249. The Morgan fingerprint density at radius 3 is 1.65 bits per heavy atom. The van der Waals surface area contributed by atoms with Crippen molar-refractivity contribution < 1.29 is 36.6 Å². The number of hydrogen-bond acceptors (Lipinski definition) is 9. The fourth-order valence-electron chi connectivity index (χ4n) is 5.71. The highest BCUT2D eigenvalue weighted by molar-refractivity contribution is 7.89. The van der Waals surface area contributed by atoms with Gasteiger partial charge in [-0.15, -0.1) is 0 Å². The van der Waals surface area contributed by atoms with Crippen LogP contribution in [0.15, 0.2) is 22.1 Å². The average molecular weight is 618 g/mol. The molecule has 13 heteroatoms. The Kier molecular flexibility index (Phi) is 8.58. The van der Waals surface area contributed by atoms with Gasteiger partial charge < -0.3 is 23.4 Å². The number of carbonyl (C=O) groups is 1. The van der Waals surface area contributed by atoms with Gasteiger partial charge in [0.05, 0.1) is 33.2 Å². The van der Waals surface area contributed by atoms with Crippen LogP contribution in [0.2, 0.25) is 0 Å². The summed E-state index contributed by atoms with van der Waals surface area (Å²) in [5.41, 5.74) is 0.107. The van der Waals surface area contributed by atoms with Crippen molar-refractivity contribution in [2.75, 3.05) is 0 Å². The van der Waals surface area contributed by atoms with Crippen LogP contribution in [-0.4, -0.2) is 62.1 Å². The van der Waals surface area contributed by atoms with Gasteiger partial charge in [-0.1, -0.05) is 31.5 Å². The summed E-state index contributed by atoms with van der Waals surface area (Å²) in [5.74, 6) is -1.30. The van der Waals surface area contributed by atoms with Crippen molar-refractivity contribution in [2.45, 2.75) is 136 Å². The molecule has 0 unspecified atom stereocenters. The standard InChI is InChI=1S/C30H48B2N2O8S/c1-18(2)30(31-39-26(6,7)27(8,9)40-31,32-41-28(10,11)29(12,13)42-32)38-25(35)22-16-23(17-22)33-34-43(36,37)24-20(4)14-19(3)15-21(24)5/h14-15,18,22,34H,16-17H2,1-13H3. The number of rotatable bonds is 8. The molecule has 10 nitrogen and oxygen atoms in total. The number of carbonyl (C=O) groups excluding carboxylic acids is 1. The highest BCUT2D eigenvalue weighted by atomic mass is 32.2. The Hall–Kier alpha value is -1.92. The van der Waals surface area contributed by atoms with E-state index < -0.39 is 64.0 Å². The molecule has 1 aromatic rings. The number of hydrogen-bond donors (Lipinski definition) is 1. The van der Waals surface area contributed by atoms with Gasteiger partial charge in [0.25, 0.3) is 10.0 Å². The molecule has 1 saturated carbocycles. The second-order valence-corrected chi connectivity index (χ2v) is 16.3. The first kappa shape index (κ1) is 34.0. The van der Waals surface area contributed by atoms with E-state index in [1.54, 1.807) is 13.8 Å². The molecule has 3 fully saturated rings. The maximum atomic E-state index is 13.8. The first-order valence-electron chi connectivity index (χ1n) is 15.0. The lowest BCUT2D eigenvalue weighted by Crippen LogP contribution is -2.66. The zero-order valence-electron chi connectivity index (χ0n) is 28.0. The molecule has 2 heterocycles. The van der Waals surface area contributed by atoms with Crippen LogP contribution in [0.3, 0.4) is 0 Å². The smallest absolute Gasteiger partial charge is 0.463 e. The van der Waals surface area contributed by atoms with E-state index in [2.05, 4.69) is 9.93 Å². The summed E-state index contributed by atoms with van der Waals surface area (Å²) in [6, 6.07) is 3.65. The van der Waals surface area contributed by atoms with Gasteiger partial charge in [0.1, 0.15) is 0 Å². The lowest BCUT2D eigenvalue weighted by molar-refractivity contribution is -0.159. The maximum absolute atomic E-state index is 13.8. The number of nitrogens with zero attached hydrogens (tertiary/aromatic N) is 1. The molecule has 0 atom stereocenters. The van der Waals surface area contributed by atoms with E-state index in [9.17, 15) is 13.2 Å². The van der Waals surface area contributed by atoms with Crippen molar-refractivity contribution in [3.8, 4) is 0 Å². The Morgan fingerprint density at radius 2 is 1.28 bits per heavy atom. The SMILES string of the molecule is Cc1cc(C)c(S(=O)(=O)NN=C2CC(C(=O)OC(B3OC(C)(C)C(C)(C)O3)(B3OC(C)(C)C(C)(C)O3)C(C)C)C2)c(C)c1. The van der Waals surface area contributed by atoms with Gasteiger partial charge in [-0.3, -0.25) is 4.79 Å². The van der Waals surface area contributed by atoms with Crippen LogP contribution in [-0.2, 0) is 38.2 Å². The van der Waals surface area contributed by atoms with Crippen molar-refractivity contribution in [3.63, 3.8) is 0 Å². The summed E-state index contributed by atoms with van der Waals surface area (Å²) >= 11 is 0. The fourth-order valence-corrected chi connectivity index (χ4v) is 7.02. The lowest BCUT2D eigenvalue weighted by atomic mass is 9.42. The topological polar surface area (TPSA) is 122 Å². The monoisotopic (exact) mass is 618 g/mol. The summed E-state index contributed by atoms with van der Waals surface area (Å²) < 4.78 is 58.4. The van der Waals surface area contributed by atoms with Gasteiger partial charge in [0.15, 0.2) is 5.40 Å². The highest BCUT2D eigenvalue weighted by Crippen LogP contribution is 2.49. The molecular weight excluding hydrogens is 570 g/mol. The first-order chi connectivity index (χ1) is 19.5. The van der Waals surface area contributed by atoms with Crippen molar-refractivity contribution in [3.05, 3.63) is 28.8 Å². The van der Waals surface area contributed by atoms with Crippen molar-refractivity contribution >= 4 is 35.9 Å². The lowest BCUT2D eigenvalue weighted by Gasteiger charge is -2.41. The minimum Gasteiger partial charge on any atom is -0.463 e. The number of hydrazone groups is 1. The summed E-state index contributed by atoms with van der Waals surface area (Å²) in [6.45, 7) is 24.9. The second kappa shape index (κ2) is 10.9. The van der Waals surface area contributed by atoms with Crippen LogP contribution in [0.25, 0.3) is 0 Å². The van der Waals surface area contributed by atoms with Crippen LogP contribution < -0.4 is 4.83 Å².